The van der Waals surface area contributed by atoms with Crippen LogP contribution in [0.1, 0.15) is 166 Å². The van der Waals surface area contributed by atoms with Gasteiger partial charge < -0.3 is 4.57 Å². The molecule has 0 radical (unpaired) electrons. The fraction of sp³-hybridized carbons (Fsp3) is 0.250. The van der Waals surface area contributed by atoms with Crippen LogP contribution in [0.25, 0.3) is 44.5 Å². The van der Waals surface area contributed by atoms with Crippen molar-refractivity contribution in [1.82, 2.24) is 0 Å². The summed E-state index contributed by atoms with van der Waals surface area (Å²) in [5.41, 5.74) is 41.6. The van der Waals surface area contributed by atoms with Crippen LogP contribution in [0.3, 0.4) is 0 Å². The summed E-state index contributed by atoms with van der Waals surface area (Å²) in [6, 6.07) is 137. The summed E-state index contributed by atoms with van der Waals surface area (Å²) in [5, 5.41) is 6.99. The SMILES string of the molecule is Cc1cc(C)c(B(c2cccc(-c3cccc(-c4ccc(C56CC7CC(C5)CC(c5ccc(P(=O)(c8ccccc8)c8ccccc8)cc5)(C7)C6)cc4)c3)c2)c2c(C)cc(C)cc2C)c(C)c1.Cc1cc(C)c(B(c2cccc(-c3cccc(-c4ccc(C56CC7CC(C5)CC(c5ccc(P(c8ccccc8)c8ccccc8)cc5)(C7)C6)cc4)c3)c2)c2c(C)cc(C)cc2C)c(C)c1. The van der Waals surface area contributed by atoms with Crippen LogP contribution in [0, 0.1) is 107 Å². The van der Waals surface area contributed by atoms with E-state index in [2.05, 4.69) is 386 Å². The highest BCUT2D eigenvalue weighted by atomic mass is 31.2. The molecule has 0 aliphatic heterocycles. The predicted octanol–water partition coefficient (Wildman–Crippen LogP) is 25.8. The van der Waals surface area contributed by atoms with Gasteiger partial charge >= 0.3 is 0 Å². The van der Waals surface area contributed by atoms with Crippen molar-refractivity contribution in [3.63, 3.8) is 0 Å². The smallest absolute Gasteiger partial charge is 0.242 e. The molecular weight excluding hydrogens is 1640 g/mol. The maximum atomic E-state index is 15.2. The van der Waals surface area contributed by atoms with E-state index in [1.807, 2.05) is 60.7 Å². The van der Waals surface area contributed by atoms with E-state index in [0.29, 0.717) is 0 Å². The number of hydrogen-bond acceptors (Lipinski definition) is 1. The molecule has 24 rings (SSSR count). The van der Waals surface area contributed by atoms with Gasteiger partial charge in [-0.15, -0.1) is 0 Å². The Morgan fingerprint density at radius 3 is 0.759 bits per heavy atom. The number of aryl methyl sites for hydroxylation is 12. The van der Waals surface area contributed by atoms with Crippen molar-refractivity contribution in [1.29, 1.82) is 0 Å². The Labute approximate surface area is 794 Å². The van der Waals surface area contributed by atoms with Crippen LogP contribution in [0.2, 0.25) is 0 Å². The second kappa shape index (κ2) is 35.6. The summed E-state index contributed by atoms with van der Waals surface area (Å²) in [7, 11) is -3.63. The van der Waals surface area contributed by atoms with E-state index in [9.17, 15) is 0 Å². The first-order chi connectivity index (χ1) is 64.5. The van der Waals surface area contributed by atoms with Crippen LogP contribution in [-0.2, 0) is 26.2 Å². The molecule has 8 aliphatic rings. The molecule has 0 spiro atoms. The maximum absolute atomic E-state index is 15.2. The number of benzene rings is 16. The Hall–Kier alpha value is -11.7. The van der Waals surface area contributed by atoms with Crippen molar-refractivity contribution < 1.29 is 4.57 Å². The summed E-state index contributed by atoms with van der Waals surface area (Å²) in [6.45, 7) is 27.5. The Balaban J connectivity index is 0.000000160. The Morgan fingerprint density at radius 1 is 0.233 bits per heavy atom. The molecule has 4 atom stereocenters. The lowest BCUT2D eigenvalue weighted by Gasteiger charge is -2.63. The minimum absolute atomic E-state index is 0.137. The quantitative estimate of drug-likeness (QED) is 0.0549. The van der Waals surface area contributed by atoms with Crippen molar-refractivity contribution >= 4 is 93.1 Å². The molecule has 658 valence electrons. The first-order valence-electron chi connectivity index (χ1n) is 49.2. The van der Waals surface area contributed by atoms with Crippen LogP contribution in [0.5, 0.6) is 0 Å². The molecule has 0 heterocycles. The molecular formula is C128H124B2OP2. The summed E-state index contributed by atoms with van der Waals surface area (Å²) in [6.07, 6.45) is 15.7. The highest BCUT2D eigenvalue weighted by Crippen LogP contribution is 2.68. The molecule has 8 fully saturated rings. The van der Waals surface area contributed by atoms with Gasteiger partial charge in [-0.25, -0.2) is 0 Å². The molecule has 8 bridgehead atoms. The van der Waals surface area contributed by atoms with Gasteiger partial charge in [0.25, 0.3) is 0 Å². The predicted molar refractivity (Wildman–Crippen MR) is 574 cm³/mol. The van der Waals surface area contributed by atoms with Gasteiger partial charge in [-0.2, -0.15) is 0 Å². The van der Waals surface area contributed by atoms with Crippen molar-refractivity contribution in [3.05, 3.63) is 453 Å². The topological polar surface area (TPSA) is 17.1 Å². The van der Waals surface area contributed by atoms with E-state index in [1.165, 1.54) is 248 Å². The molecule has 0 amide bonds. The number of hydrogen-bond donors (Lipinski definition) is 0. The largest absolute Gasteiger partial charge is 0.309 e. The van der Waals surface area contributed by atoms with Gasteiger partial charge in [-0.1, -0.05) is 451 Å². The molecule has 8 saturated carbocycles. The molecule has 8 aliphatic carbocycles. The summed E-state index contributed by atoms with van der Waals surface area (Å²) >= 11 is 0. The molecule has 16 aromatic carbocycles. The summed E-state index contributed by atoms with van der Waals surface area (Å²) < 4.78 is 15.2. The van der Waals surface area contributed by atoms with Crippen molar-refractivity contribution in [3.8, 4) is 44.5 Å². The van der Waals surface area contributed by atoms with Crippen molar-refractivity contribution in [2.75, 3.05) is 0 Å². The van der Waals surface area contributed by atoms with E-state index in [-0.39, 0.29) is 35.1 Å². The molecule has 4 unspecified atom stereocenters. The van der Waals surface area contributed by atoms with E-state index >= 15 is 4.57 Å². The van der Waals surface area contributed by atoms with E-state index in [4.69, 9.17) is 0 Å². The van der Waals surface area contributed by atoms with Crippen LogP contribution < -0.4 is 64.6 Å². The number of rotatable bonds is 20. The van der Waals surface area contributed by atoms with Crippen LogP contribution >= 0.6 is 15.1 Å². The maximum Gasteiger partial charge on any atom is 0.242 e. The zero-order valence-corrected chi connectivity index (χ0v) is 81.7. The van der Waals surface area contributed by atoms with Crippen molar-refractivity contribution in [2.45, 2.75) is 182 Å². The third kappa shape index (κ3) is 16.6. The average Bonchev–Trinajstić information content (AvgIpc) is 0.705. The van der Waals surface area contributed by atoms with Gasteiger partial charge in [0.05, 0.1) is 0 Å². The standard InChI is InChI=1S/C64H62BOP.C64H62BP/c1-43-31-45(3)61(46(4)32-43)65(62-47(5)33-44(2)34-48(62)6)57-18-14-17-54(37-57)53-16-13-15-52(36-53)51-23-25-55(26-24-51)63-38-49-35-50(39-63)41-64(40-49,42-63)56-27-29-60(30-28-56)67(66,58-19-9-7-10-20-58)59-21-11-8-12-22-59;1-43-31-45(3)61(46(4)32-43)65(62-47(5)33-44(2)34-48(62)6)57-18-14-17-54(37-57)53-16-13-15-52(36-53)51-23-25-55(26-24-51)63-38-49-35-50(39-63)41-64(40-49,42-63)56-27-29-60(30-28-56)66(58-19-9-7-10-20-58)59-21-11-8-12-22-59/h7-34,36-37,49-50H,35,38-42H2,1-6H3;7-34,36-37,49-50H,35,38-42H2,1-6H3. The minimum Gasteiger partial charge on any atom is -0.309 e. The molecule has 0 saturated heterocycles. The van der Waals surface area contributed by atoms with Gasteiger partial charge in [0, 0.05) is 15.9 Å². The monoisotopic (exact) mass is 1760 g/mol. The second-order valence-electron chi connectivity index (χ2n) is 42.1. The van der Waals surface area contributed by atoms with Crippen LogP contribution in [-0.4, -0.2) is 13.4 Å². The van der Waals surface area contributed by atoms with Gasteiger partial charge in [0.15, 0.2) is 7.14 Å². The fourth-order valence-electron chi connectivity index (χ4n) is 28.3. The van der Waals surface area contributed by atoms with E-state index in [1.54, 1.807) is 11.1 Å². The molecule has 0 aromatic heterocycles. The highest BCUT2D eigenvalue weighted by molar-refractivity contribution is 7.85. The fourth-order valence-corrected chi connectivity index (χ4v) is 33.2. The Kier molecular flexibility index (Phi) is 23.5. The van der Waals surface area contributed by atoms with Crippen LogP contribution in [0.4, 0.5) is 0 Å². The second-order valence-corrected chi connectivity index (χ2v) is 47.1. The molecule has 16 aromatic rings. The lowest BCUT2D eigenvalue weighted by atomic mass is 9.34. The summed E-state index contributed by atoms with van der Waals surface area (Å²) in [4.78, 5) is 0. The third-order valence-electron chi connectivity index (χ3n) is 32.6. The van der Waals surface area contributed by atoms with Gasteiger partial charge in [-0.05, 0) is 308 Å². The van der Waals surface area contributed by atoms with E-state index < -0.39 is 15.1 Å². The van der Waals surface area contributed by atoms with Crippen molar-refractivity contribution in [2.24, 2.45) is 23.7 Å². The zero-order chi connectivity index (χ0) is 91.2. The normalized spacial score (nSPS) is 20.8. The Bertz CT molecular complexity index is 6780. The minimum atomic E-state index is -3.02. The zero-order valence-electron chi connectivity index (χ0n) is 79.9. The van der Waals surface area contributed by atoms with Gasteiger partial charge in [0.1, 0.15) is 0 Å². The molecule has 1 nitrogen and oxygen atoms in total. The van der Waals surface area contributed by atoms with Gasteiger partial charge in [-0.3, -0.25) is 0 Å². The lowest BCUT2D eigenvalue weighted by molar-refractivity contribution is -0.0282. The average molecular weight is 1760 g/mol. The first-order valence-corrected chi connectivity index (χ1v) is 52.3. The Morgan fingerprint density at radius 2 is 0.466 bits per heavy atom. The summed E-state index contributed by atoms with van der Waals surface area (Å²) in [5.74, 6) is 3.09. The first kappa shape index (κ1) is 87.9. The van der Waals surface area contributed by atoms with Crippen LogP contribution in [0.15, 0.2) is 364 Å². The highest BCUT2D eigenvalue weighted by Gasteiger charge is 2.60. The lowest BCUT2D eigenvalue weighted by Crippen LogP contribution is -2.56. The molecule has 133 heavy (non-hydrogen) atoms. The molecule has 0 N–H and O–H groups in total. The van der Waals surface area contributed by atoms with E-state index in [0.717, 1.165) is 39.6 Å². The molecule has 5 heteroatoms. The van der Waals surface area contributed by atoms with Gasteiger partial charge in [0.2, 0.25) is 13.4 Å². The third-order valence-corrected chi connectivity index (χ3v) is 38.1.